The number of benzene rings is 1. The van der Waals surface area contributed by atoms with E-state index in [1.165, 1.54) is 0 Å². The van der Waals surface area contributed by atoms with Crippen LogP contribution < -0.4 is 5.32 Å². The standard InChI is InChI=1S/C17H20F2INO4/c1-4-25-17(24)11(7-21-15(8-22)9(2)3)16(23)10-5-14(20)13(19)6-12(10)18/h5-7,9,15,21-22H,4,8H2,1-3H3/t15-/m1/s1. The molecule has 0 unspecified atom stereocenters. The van der Waals surface area contributed by atoms with Crippen LogP contribution in [0.5, 0.6) is 0 Å². The summed E-state index contributed by atoms with van der Waals surface area (Å²) in [7, 11) is 0. The van der Waals surface area contributed by atoms with E-state index in [0.29, 0.717) is 6.07 Å². The van der Waals surface area contributed by atoms with Crippen molar-refractivity contribution in [3.8, 4) is 0 Å². The van der Waals surface area contributed by atoms with Gasteiger partial charge in [-0.25, -0.2) is 13.6 Å². The van der Waals surface area contributed by atoms with Gasteiger partial charge in [0, 0.05) is 15.8 Å². The zero-order valence-corrected chi connectivity index (χ0v) is 16.3. The number of hydrogen-bond acceptors (Lipinski definition) is 5. The first kappa shape index (κ1) is 21.5. The van der Waals surface area contributed by atoms with Crippen LogP contribution in [0.3, 0.4) is 0 Å². The van der Waals surface area contributed by atoms with Crippen LogP contribution in [0.1, 0.15) is 31.1 Å². The molecular formula is C17H20F2INO4. The van der Waals surface area contributed by atoms with Gasteiger partial charge in [-0.2, -0.15) is 0 Å². The Labute approximate surface area is 158 Å². The fourth-order valence-corrected chi connectivity index (χ4v) is 2.38. The molecule has 1 rings (SSSR count). The Balaban J connectivity index is 3.26. The van der Waals surface area contributed by atoms with Gasteiger partial charge in [-0.3, -0.25) is 4.79 Å². The van der Waals surface area contributed by atoms with E-state index in [2.05, 4.69) is 5.32 Å². The van der Waals surface area contributed by atoms with Crippen LogP contribution in [0.15, 0.2) is 23.9 Å². The van der Waals surface area contributed by atoms with E-state index < -0.39 is 40.6 Å². The molecule has 2 N–H and O–H groups in total. The number of ether oxygens (including phenoxy) is 1. The molecule has 0 aliphatic rings. The van der Waals surface area contributed by atoms with Crippen LogP contribution in [-0.4, -0.2) is 36.1 Å². The van der Waals surface area contributed by atoms with Crippen molar-refractivity contribution in [2.24, 2.45) is 5.92 Å². The number of aliphatic hydroxyl groups is 1. The minimum atomic E-state index is -1.07. The molecule has 8 heteroatoms. The topological polar surface area (TPSA) is 75.6 Å². The largest absolute Gasteiger partial charge is 0.462 e. The van der Waals surface area contributed by atoms with Crippen molar-refractivity contribution in [3.63, 3.8) is 0 Å². The summed E-state index contributed by atoms with van der Waals surface area (Å²) in [6.07, 6.45) is 1.11. The Hall–Kier alpha value is -1.55. The molecule has 1 aromatic carbocycles. The zero-order chi connectivity index (χ0) is 19.1. The second-order valence-electron chi connectivity index (χ2n) is 5.55. The highest BCUT2D eigenvalue weighted by molar-refractivity contribution is 14.1. The van der Waals surface area contributed by atoms with E-state index in [-0.39, 0.29) is 22.7 Å². The summed E-state index contributed by atoms with van der Waals surface area (Å²) in [5.41, 5.74) is -0.862. The molecule has 1 atom stereocenters. The van der Waals surface area contributed by atoms with E-state index in [9.17, 15) is 23.5 Å². The molecular weight excluding hydrogens is 447 g/mol. The first-order valence-corrected chi connectivity index (χ1v) is 8.74. The van der Waals surface area contributed by atoms with Crippen molar-refractivity contribution in [1.29, 1.82) is 0 Å². The van der Waals surface area contributed by atoms with Gasteiger partial charge in [0.15, 0.2) is 0 Å². The number of carbonyl (C=O) groups is 2. The van der Waals surface area contributed by atoms with E-state index >= 15 is 0 Å². The second-order valence-corrected chi connectivity index (χ2v) is 6.72. The number of esters is 1. The number of hydrogen-bond donors (Lipinski definition) is 2. The fraction of sp³-hybridized carbons (Fsp3) is 0.412. The SMILES string of the molecule is CCOC(=O)C(=CN[C@H](CO)C(C)C)C(=O)c1cc(I)c(F)cc1F. The highest BCUT2D eigenvalue weighted by atomic mass is 127. The predicted molar refractivity (Wildman–Crippen MR) is 97.0 cm³/mol. The number of ketones is 1. The molecule has 0 spiro atoms. The lowest BCUT2D eigenvalue weighted by Crippen LogP contribution is -2.34. The quantitative estimate of drug-likeness (QED) is 0.117. The van der Waals surface area contributed by atoms with Crippen LogP contribution in [0.25, 0.3) is 0 Å². The summed E-state index contributed by atoms with van der Waals surface area (Å²) in [6.45, 7) is 5.06. The number of carbonyl (C=O) groups excluding carboxylic acids is 2. The van der Waals surface area contributed by atoms with Crippen LogP contribution in [-0.2, 0) is 9.53 Å². The highest BCUT2D eigenvalue weighted by Gasteiger charge is 2.25. The number of Topliss-reactive ketones (excluding diaryl/α,β-unsaturated/α-hetero) is 1. The Kier molecular flexibility index (Phi) is 8.43. The third kappa shape index (κ3) is 5.74. The molecule has 0 aromatic heterocycles. The Morgan fingerprint density at radius 2 is 1.96 bits per heavy atom. The third-order valence-corrected chi connectivity index (χ3v) is 4.26. The predicted octanol–water partition coefficient (Wildman–Crippen LogP) is 2.81. The number of rotatable bonds is 8. The molecule has 0 bridgehead atoms. The molecule has 0 aliphatic carbocycles. The summed E-state index contributed by atoms with van der Waals surface area (Å²) in [5.74, 6) is -3.71. The van der Waals surface area contributed by atoms with Gasteiger partial charge in [0.1, 0.15) is 17.2 Å². The Morgan fingerprint density at radius 1 is 1.32 bits per heavy atom. The summed E-state index contributed by atoms with van der Waals surface area (Å²) in [4.78, 5) is 24.7. The van der Waals surface area contributed by atoms with Crippen molar-refractivity contribution in [2.45, 2.75) is 26.8 Å². The third-order valence-electron chi connectivity index (χ3n) is 3.44. The summed E-state index contributed by atoms with van der Waals surface area (Å²) in [6, 6.07) is 1.22. The van der Waals surface area contributed by atoms with Crippen molar-refractivity contribution in [2.75, 3.05) is 13.2 Å². The Bertz CT molecular complexity index is 677. The van der Waals surface area contributed by atoms with Crippen LogP contribution >= 0.6 is 22.6 Å². The minimum absolute atomic E-state index is 0.0169. The van der Waals surface area contributed by atoms with E-state index in [1.54, 1.807) is 29.5 Å². The van der Waals surface area contributed by atoms with Gasteiger partial charge >= 0.3 is 5.97 Å². The van der Waals surface area contributed by atoms with Crippen LogP contribution in [0, 0.1) is 21.1 Å². The molecule has 5 nitrogen and oxygen atoms in total. The number of nitrogens with one attached hydrogen (secondary N) is 1. The van der Waals surface area contributed by atoms with Crippen molar-refractivity contribution in [1.82, 2.24) is 5.32 Å². The maximum Gasteiger partial charge on any atom is 0.343 e. The van der Waals surface area contributed by atoms with Gasteiger partial charge in [-0.15, -0.1) is 0 Å². The fourth-order valence-electron chi connectivity index (χ4n) is 1.91. The van der Waals surface area contributed by atoms with Crippen LogP contribution in [0.2, 0.25) is 0 Å². The van der Waals surface area contributed by atoms with E-state index in [0.717, 1.165) is 12.3 Å². The molecule has 0 saturated heterocycles. The molecule has 138 valence electrons. The lowest BCUT2D eigenvalue weighted by molar-refractivity contribution is -0.138. The van der Waals surface area contributed by atoms with Gasteiger partial charge in [0.25, 0.3) is 0 Å². The minimum Gasteiger partial charge on any atom is -0.462 e. The monoisotopic (exact) mass is 467 g/mol. The summed E-state index contributed by atoms with van der Waals surface area (Å²) < 4.78 is 32.3. The normalized spacial score (nSPS) is 12.9. The molecule has 0 radical (unpaired) electrons. The molecule has 25 heavy (non-hydrogen) atoms. The summed E-state index contributed by atoms with van der Waals surface area (Å²) >= 11 is 1.63. The average molecular weight is 467 g/mol. The first-order chi connectivity index (χ1) is 11.7. The van der Waals surface area contributed by atoms with Crippen LogP contribution in [0.4, 0.5) is 8.78 Å². The summed E-state index contributed by atoms with van der Waals surface area (Å²) in [5, 5.41) is 12.1. The lowest BCUT2D eigenvalue weighted by Gasteiger charge is -2.19. The van der Waals surface area contributed by atoms with Crippen molar-refractivity contribution < 1.29 is 28.2 Å². The molecule has 1 aromatic rings. The maximum atomic E-state index is 14.0. The number of aliphatic hydroxyl groups excluding tert-OH is 1. The lowest BCUT2D eigenvalue weighted by atomic mass is 10.0. The number of halogens is 3. The smallest absolute Gasteiger partial charge is 0.343 e. The van der Waals surface area contributed by atoms with Gasteiger partial charge in [-0.1, -0.05) is 13.8 Å². The highest BCUT2D eigenvalue weighted by Crippen LogP contribution is 2.20. The maximum absolute atomic E-state index is 14.0. The van der Waals surface area contributed by atoms with Gasteiger partial charge in [0.2, 0.25) is 5.78 Å². The molecule has 0 heterocycles. The average Bonchev–Trinajstić information content (AvgIpc) is 2.54. The molecule has 0 fully saturated rings. The van der Waals surface area contributed by atoms with Gasteiger partial charge in [-0.05, 0) is 41.5 Å². The zero-order valence-electron chi connectivity index (χ0n) is 14.1. The molecule has 0 saturated carbocycles. The first-order valence-electron chi connectivity index (χ1n) is 7.66. The van der Waals surface area contributed by atoms with Gasteiger partial charge < -0.3 is 15.2 Å². The molecule has 0 aliphatic heterocycles. The van der Waals surface area contributed by atoms with Crippen molar-refractivity contribution in [3.05, 3.63) is 44.7 Å². The Morgan fingerprint density at radius 3 is 2.48 bits per heavy atom. The second kappa shape index (κ2) is 9.81. The van der Waals surface area contributed by atoms with E-state index in [4.69, 9.17) is 4.74 Å². The van der Waals surface area contributed by atoms with Gasteiger partial charge in [0.05, 0.1) is 24.8 Å². The molecule has 0 amide bonds. The van der Waals surface area contributed by atoms with Crippen molar-refractivity contribution >= 4 is 34.3 Å². The van der Waals surface area contributed by atoms with E-state index in [1.807, 2.05) is 13.8 Å².